The first-order chi connectivity index (χ1) is 12.8. The summed E-state index contributed by atoms with van der Waals surface area (Å²) in [5.74, 6) is -4.42. The van der Waals surface area contributed by atoms with Crippen LogP contribution in [0.3, 0.4) is 0 Å². The van der Waals surface area contributed by atoms with Gasteiger partial charge in [-0.15, -0.1) is 0 Å². The first-order valence-corrected chi connectivity index (χ1v) is 9.73. The standard InChI is InChI=1S/C17H12ClF2NO5S/c18-10-7-11(9-21-8-10)26-13-1-2-14(27(22,23)16(19)20)15-12(13)3-4-17(15)24-5-6-25-17/h1-2,5-9,16H,3-4H2. The van der Waals surface area contributed by atoms with Crippen molar-refractivity contribution in [1.82, 2.24) is 4.98 Å². The number of pyridine rings is 1. The van der Waals surface area contributed by atoms with Gasteiger partial charge in [-0.3, -0.25) is 4.98 Å². The number of alkyl halides is 2. The van der Waals surface area contributed by atoms with Gasteiger partial charge in [0.05, 0.1) is 21.7 Å². The normalized spacial score (nSPS) is 17.0. The molecule has 0 N–H and O–H groups in total. The van der Waals surface area contributed by atoms with Crippen LogP contribution in [-0.2, 0) is 31.5 Å². The van der Waals surface area contributed by atoms with E-state index in [1.807, 2.05) is 0 Å². The van der Waals surface area contributed by atoms with Crippen molar-refractivity contribution in [1.29, 1.82) is 0 Å². The quantitative estimate of drug-likeness (QED) is 0.747. The van der Waals surface area contributed by atoms with E-state index in [0.717, 1.165) is 6.07 Å². The molecule has 0 amide bonds. The number of benzene rings is 1. The summed E-state index contributed by atoms with van der Waals surface area (Å²) >= 11 is 5.89. The minimum atomic E-state index is -4.87. The van der Waals surface area contributed by atoms with E-state index >= 15 is 0 Å². The molecule has 1 spiro atoms. The molecule has 6 nitrogen and oxygen atoms in total. The van der Waals surface area contributed by atoms with Crippen molar-refractivity contribution in [2.75, 3.05) is 0 Å². The first-order valence-electron chi connectivity index (χ1n) is 7.81. The average Bonchev–Trinajstić information content (AvgIpc) is 3.24. The van der Waals surface area contributed by atoms with Crippen molar-refractivity contribution in [2.24, 2.45) is 0 Å². The molecule has 27 heavy (non-hydrogen) atoms. The molecule has 10 heteroatoms. The molecule has 2 aliphatic rings. The van der Waals surface area contributed by atoms with Crippen LogP contribution in [-0.4, -0.2) is 19.2 Å². The number of sulfone groups is 1. The maximum Gasteiger partial charge on any atom is 0.341 e. The van der Waals surface area contributed by atoms with Gasteiger partial charge in [0.1, 0.15) is 24.0 Å². The Morgan fingerprint density at radius 3 is 2.63 bits per heavy atom. The maximum atomic E-state index is 13.2. The zero-order chi connectivity index (χ0) is 19.2. The Morgan fingerprint density at radius 2 is 1.96 bits per heavy atom. The molecular formula is C17H12ClF2NO5S. The van der Waals surface area contributed by atoms with Crippen molar-refractivity contribution in [2.45, 2.75) is 29.3 Å². The molecule has 0 radical (unpaired) electrons. The zero-order valence-corrected chi connectivity index (χ0v) is 15.1. The molecule has 0 fully saturated rings. The number of halogens is 3. The molecule has 0 bridgehead atoms. The number of ether oxygens (including phenoxy) is 3. The van der Waals surface area contributed by atoms with Crippen LogP contribution in [0.1, 0.15) is 17.5 Å². The minimum Gasteiger partial charge on any atom is -0.455 e. The summed E-state index contributed by atoms with van der Waals surface area (Å²) in [5.41, 5.74) is 0.445. The van der Waals surface area contributed by atoms with Gasteiger partial charge in [0, 0.05) is 24.2 Å². The van der Waals surface area contributed by atoms with Crippen LogP contribution in [0.15, 0.2) is 48.0 Å². The van der Waals surface area contributed by atoms with Crippen molar-refractivity contribution in [3.05, 3.63) is 59.3 Å². The third-order valence-corrected chi connectivity index (χ3v) is 5.97. The van der Waals surface area contributed by atoms with Gasteiger partial charge in [0.25, 0.3) is 5.79 Å². The van der Waals surface area contributed by atoms with Crippen LogP contribution in [0.5, 0.6) is 11.5 Å². The second kappa shape index (κ2) is 6.35. The van der Waals surface area contributed by atoms with Gasteiger partial charge in [-0.1, -0.05) is 11.6 Å². The van der Waals surface area contributed by atoms with E-state index in [1.54, 1.807) is 0 Å². The number of nitrogens with zero attached hydrogens (tertiary/aromatic N) is 1. The van der Waals surface area contributed by atoms with Gasteiger partial charge < -0.3 is 14.2 Å². The number of hydrogen-bond acceptors (Lipinski definition) is 6. The Labute approximate surface area is 158 Å². The number of aromatic nitrogens is 1. The van der Waals surface area contributed by atoms with E-state index in [4.69, 9.17) is 25.8 Å². The Balaban J connectivity index is 1.87. The predicted molar refractivity (Wildman–Crippen MR) is 90.3 cm³/mol. The molecule has 0 saturated carbocycles. The zero-order valence-electron chi connectivity index (χ0n) is 13.6. The molecule has 0 atom stereocenters. The average molecular weight is 416 g/mol. The van der Waals surface area contributed by atoms with Crippen molar-refractivity contribution in [3.8, 4) is 11.5 Å². The molecule has 2 aromatic rings. The molecule has 1 aliphatic heterocycles. The third kappa shape index (κ3) is 2.90. The lowest BCUT2D eigenvalue weighted by molar-refractivity contribution is -0.148. The van der Waals surface area contributed by atoms with Crippen LogP contribution in [0, 0.1) is 0 Å². The van der Waals surface area contributed by atoms with Gasteiger partial charge in [-0.25, -0.2) is 8.42 Å². The molecule has 2 heterocycles. The maximum absolute atomic E-state index is 13.2. The monoisotopic (exact) mass is 415 g/mol. The van der Waals surface area contributed by atoms with Crippen LogP contribution >= 0.6 is 11.6 Å². The second-order valence-electron chi connectivity index (χ2n) is 5.92. The number of rotatable bonds is 4. The highest BCUT2D eigenvalue weighted by Gasteiger charge is 2.50. The van der Waals surface area contributed by atoms with E-state index < -0.39 is 26.3 Å². The van der Waals surface area contributed by atoms with Gasteiger partial charge in [0.15, 0.2) is 0 Å². The molecule has 1 aromatic heterocycles. The smallest absolute Gasteiger partial charge is 0.341 e. The fraction of sp³-hybridized carbons (Fsp3) is 0.235. The highest BCUT2D eigenvalue weighted by atomic mass is 35.5. The topological polar surface area (TPSA) is 74.7 Å². The van der Waals surface area contributed by atoms with Crippen LogP contribution in [0.25, 0.3) is 0 Å². The summed E-state index contributed by atoms with van der Waals surface area (Å²) in [5, 5.41) is 0.351. The molecule has 1 aliphatic carbocycles. The summed E-state index contributed by atoms with van der Waals surface area (Å²) in [7, 11) is -4.87. The molecule has 0 saturated heterocycles. The lowest BCUT2D eigenvalue weighted by Crippen LogP contribution is -2.27. The van der Waals surface area contributed by atoms with Gasteiger partial charge in [0.2, 0.25) is 9.84 Å². The number of fused-ring (bicyclic) bond motifs is 2. The highest BCUT2D eigenvalue weighted by Crippen LogP contribution is 2.50. The number of hydrogen-bond donors (Lipinski definition) is 0. The first kappa shape index (κ1) is 18.0. The molecule has 1 aromatic carbocycles. The van der Waals surface area contributed by atoms with E-state index in [9.17, 15) is 17.2 Å². The van der Waals surface area contributed by atoms with Crippen LogP contribution in [0.4, 0.5) is 8.78 Å². The Bertz CT molecular complexity index is 1030. The van der Waals surface area contributed by atoms with Crippen LogP contribution in [0.2, 0.25) is 5.02 Å². The van der Waals surface area contributed by atoms with Gasteiger partial charge in [-0.2, -0.15) is 8.78 Å². The van der Waals surface area contributed by atoms with Crippen molar-refractivity contribution < 1.29 is 31.4 Å². The summed E-state index contributed by atoms with van der Waals surface area (Å²) < 4.78 is 67.5. The largest absolute Gasteiger partial charge is 0.455 e. The van der Waals surface area contributed by atoms with E-state index in [1.165, 1.54) is 37.1 Å². The minimum absolute atomic E-state index is 0.0280. The Kier molecular flexibility index (Phi) is 4.23. The van der Waals surface area contributed by atoms with Crippen molar-refractivity contribution in [3.63, 3.8) is 0 Å². The molecule has 0 unspecified atom stereocenters. The molecule has 142 valence electrons. The SMILES string of the molecule is O=S(=O)(c1ccc(Oc2cncc(Cl)c2)c2c1C1(CC2)OC=CO1)C(F)F. The van der Waals surface area contributed by atoms with Gasteiger partial charge in [-0.05, 0) is 18.6 Å². The predicted octanol–water partition coefficient (Wildman–Crippen LogP) is 4.14. The third-order valence-electron chi connectivity index (χ3n) is 4.34. The lowest BCUT2D eigenvalue weighted by atomic mass is 10.1. The Hall–Kier alpha value is -2.39. The van der Waals surface area contributed by atoms with Gasteiger partial charge >= 0.3 is 5.76 Å². The van der Waals surface area contributed by atoms with Crippen LogP contribution < -0.4 is 4.74 Å². The van der Waals surface area contributed by atoms with Crippen molar-refractivity contribution >= 4 is 21.4 Å². The fourth-order valence-corrected chi connectivity index (χ4v) is 4.41. The fourth-order valence-electron chi connectivity index (χ4n) is 3.23. The molecular weight excluding hydrogens is 404 g/mol. The van der Waals surface area contributed by atoms with E-state index in [0.29, 0.717) is 28.5 Å². The lowest BCUT2D eigenvalue weighted by Gasteiger charge is -2.26. The molecule has 4 rings (SSSR count). The van der Waals surface area contributed by atoms with E-state index in [-0.39, 0.29) is 12.0 Å². The summed E-state index contributed by atoms with van der Waals surface area (Å²) in [6.07, 6.45) is 5.92. The Morgan fingerprint density at radius 1 is 1.22 bits per heavy atom. The summed E-state index contributed by atoms with van der Waals surface area (Å²) in [6.45, 7) is 0. The second-order valence-corrected chi connectivity index (χ2v) is 8.25. The summed E-state index contributed by atoms with van der Waals surface area (Å²) in [6, 6.07) is 3.93. The highest BCUT2D eigenvalue weighted by molar-refractivity contribution is 7.91. The van der Waals surface area contributed by atoms with E-state index in [2.05, 4.69) is 4.98 Å². The summed E-state index contributed by atoms with van der Waals surface area (Å²) in [4.78, 5) is 3.38.